The van der Waals surface area contributed by atoms with E-state index >= 15 is 0 Å². The van der Waals surface area contributed by atoms with Crippen molar-refractivity contribution in [1.29, 1.82) is 0 Å². The van der Waals surface area contributed by atoms with E-state index < -0.39 is 10.8 Å². The fourth-order valence-corrected chi connectivity index (χ4v) is 3.83. The van der Waals surface area contributed by atoms with Crippen LogP contribution in [0, 0.1) is 0 Å². The van der Waals surface area contributed by atoms with Crippen LogP contribution in [0.15, 0.2) is 59.5 Å². The largest absolute Gasteiger partial charge is 0.374 e. The minimum atomic E-state index is -1.06. The molecular formula is C18H20N2O2S. The van der Waals surface area contributed by atoms with Crippen LogP contribution in [0.1, 0.15) is 12.0 Å². The topological polar surface area (TPSA) is 49.4 Å². The maximum absolute atomic E-state index is 12.4. The van der Waals surface area contributed by atoms with Gasteiger partial charge in [-0.1, -0.05) is 30.3 Å². The van der Waals surface area contributed by atoms with Gasteiger partial charge >= 0.3 is 0 Å². The van der Waals surface area contributed by atoms with E-state index in [4.69, 9.17) is 0 Å². The number of carbonyl (C=O) groups is 1. The molecule has 2 atom stereocenters. The summed E-state index contributed by atoms with van der Waals surface area (Å²) < 4.78 is 12.4. The SMILES string of the molecule is CN1CC[C@H](Nc2cccc(C[S@@](=O)c3ccccc3)c2)C1=O. The fourth-order valence-electron chi connectivity index (χ4n) is 2.72. The van der Waals surface area contributed by atoms with Crippen molar-refractivity contribution in [2.24, 2.45) is 0 Å². The lowest BCUT2D eigenvalue weighted by molar-refractivity contribution is -0.127. The number of likely N-dealkylation sites (N-methyl/N-ethyl adjacent to an activating group) is 1. The predicted octanol–water partition coefficient (Wildman–Crippen LogP) is 2.64. The zero-order chi connectivity index (χ0) is 16.2. The molecule has 0 radical (unpaired) electrons. The number of amides is 1. The Morgan fingerprint density at radius 1 is 1.17 bits per heavy atom. The number of benzene rings is 2. The van der Waals surface area contributed by atoms with E-state index in [1.54, 1.807) is 4.90 Å². The lowest BCUT2D eigenvalue weighted by atomic mass is 10.2. The normalized spacial score (nSPS) is 18.9. The van der Waals surface area contributed by atoms with Gasteiger partial charge in [0.2, 0.25) is 5.91 Å². The van der Waals surface area contributed by atoms with Crippen LogP contribution in [0.4, 0.5) is 5.69 Å². The highest BCUT2D eigenvalue weighted by Crippen LogP contribution is 2.19. The molecule has 1 aliphatic heterocycles. The second-order valence-electron chi connectivity index (χ2n) is 5.75. The Morgan fingerprint density at radius 3 is 2.65 bits per heavy atom. The number of hydrogen-bond acceptors (Lipinski definition) is 3. The van der Waals surface area contributed by atoms with Crippen molar-refractivity contribution < 1.29 is 9.00 Å². The first-order chi connectivity index (χ1) is 11.1. The molecule has 0 saturated carbocycles. The van der Waals surface area contributed by atoms with Gasteiger partial charge in [0.1, 0.15) is 6.04 Å². The van der Waals surface area contributed by atoms with E-state index in [0.29, 0.717) is 5.75 Å². The molecule has 0 spiro atoms. The maximum atomic E-state index is 12.4. The van der Waals surface area contributed by atoms with Gasteiger partial charge in [0.15, 0.2) is 0 Å². The van der Waals surface area contributed by atoms with Crippen LogP contribution in [0.3, 0.4) is 0 Å². The fraction of sp³-hybridized carbons (Fsp3) is 0.278. The summed E-state index contributed by atoms with van der Waals surface area (Å²) in [6, 6.07) is 17.1. The van der Waals surface area contributed by atoms with E-state index in [0.717, 1.165) is 29.1 Å². The number of anilines is 1. The van der Waals surface area contributed by atoms with Gasteiger partial charge in [0, 0.05) is 24.2 Å². The zero-order valence-electron chi connectivity index (χ0n) is 13.1. The van der Waals surface area contributed by atoms with Crippen LogP contribution < -0.4 is 5.32 Å². The first-order valence-corrected chi connectivity index (χ1v) is 8.99. The second kappa shape index (κ2) is 6.96. The van der Waals surface area contributed by atoms with E-state index in [9.17, 15) is 9.00 Å². The quantitative estimate of drug-likeness (QED) is 0.918. The van der Waals surface area contributed by atoms with Gasteiger partial charge in [0.25, 0.3) is 0 Å². The summed E-state index contributed by atoms with van der Waals surface area (Å²) in [7, 11) is 0.761. The van der Waals surface area contributed by atoms with E-state index in [-0.39, 0.29) is 11.9 Å². The summed E-state index contributed by atoms with van der Waals surface area (Å²) >= 11 is 0. The van der Waals surface area contributed by atoms with Gasteiger partial charge in [-0.2, -0.15) is 0 Å². The van der Waals surface area contributed by atoms with Gasteiger partial charge in [-0.15, -0.1) is 0 Å². The van der Waals surface area contributed by atoms with Crippen LogP contribution in [-0.2, 0) is 21.3 Å². The van der Waals surface area contributed by atoms with Crippen molar-refractivity contribution in [2.75, 3.05) is 18.9 Å². The van der Waals surface area contributed by atoms with Crippen LogP contribution in [0.25, 0.3) is 0 Å². The standard InChI is InChI=1S/C18H20N2O2S/c1-20-11-10-17(18(20)21)19-15-7-5-6-14(12-15)13-23(22)16-8-3-2-4-9-16/h2-9,12,17,19H,10-11,13H2,1H3/t17-,23+/m0/s1. The molecule has 1 heterocycles. The molecule has 1 amide bonds. The van der Waals surface area contributed by atoms with Gasteiger partial charge in [0.05, 0.1) is 16.6 Å². The number of nitrogens with one attached hydrogen (secondary N) is 1. The smallest absolute Gasteiger partial charge is 0.244 e. The maximum Gasteiger partial charge on any atom is 0.244 e. The lowest BCUT2D eigenvalue weighted by Crippen LogP contribution is -2.30. The van der Waals surface area contributed by atoms with Crippen molar-refractivity contribution >= 4 is 22.4 Å². The van der Waals surface area contributed by atoms with E-state index in [2.05, 4.69) is 5.32 Å². The van der Waals surface area contributed by atoms with Gasteiger partial charge in [-0.3, -0.25) is 9.00 Å². The van der Waals surface area contributed by atoms with E-state index in [1.165, 1.54) is 0 Å². The van der Waals surface area contributed by atoms with Gasteiger partial charge in [-0.05, 0) is 36.2 Å². The van der Waals surface area contributed by atoms with Crippen molar-refractivity contribution in [3.63, 3.8) is 0 Å². The minimum Gasteiger partial charge on any atom is -0.374 e. The first-order valence-electron chi connectivity index (χ1n) is 7.67. The average Bonchev–Trinajstić information content (AvgIpc) is 2.88. The third-order valence-electron chi connectivity index (χ3n) is 4.00. The van der Waals surface area contributed by atoms with Crippen molar-refractivity contribution in [1.82, 2.24) is 4.90 Å². The Morgan fingerprint density at radius 2 is 1.96 bits per heavy atom. The monoisotopic (exact) mass is 328 g/mol. The number of nitrogens with zero attached hydrogens (tertiary/aromatic N) is 1. The molecule has 120 valence electrons. The van der Waals surface area contributed by atoms with Crippen LogP contribution >= 0.6 is 0 Å². The minimum absolute atomic E-state index is 0.128. The average molecular weight is 328 g/mol. The molecule has 4 nitrogen and oxygen atoms in total. The van der Waals surface area contributed by atoms with E-state index in [1.807, 2.05) is 61.6 Å². The molecule has 1 aliphatic rings. The van der Waals surface area contributed by atoms with Crippen LogP contribution in [0.2, 0.25) is 0 Å². The molecule has 23 heavy (non-hydrogen) atoms. The Kier molecular flexibility index (Phi) is 4.76. The van der Waals surface area contributed by atoms with Crippen LogP contribution in [-0.4, -0.2) is 34.7 Å². The summed E-state index contributed by atoms with van der Waals surface area (Å²) in [6.45, 7) is 0.786. The molecule has 3 rings (SSSR count). The Hall–Kier alpha value is -2.14. The predicted molar refractivity (Wildman–Crippen MR) is 92.7 cm³/mol. The summed E-state index contributed by atoms with van der Waals surface area (Å²) in [4.78, 5) is 14.5. The second-order valence-corrected chi connectivity index (χ2v) is 7.20. The summed E-state index contributed by atoms with van der Waals surface area (Å²) in [5, 5.41) is 3.28. The first kappa shape index (κ1) is 15.7. The highest BCUT2D eigenvalue weighted by atomic mass is 32.2. The molecule has 1 N–H and O–H groups in total. The van der Waals surface area contributed by atoms with Crippen molar-refractivity contribution in [3.8, 4) is 0 Å². The third-order valence-corrected chi connectivity index (χ3v) is 5.39. The number of hydrogen-bond donors (Lipinski definition) is 1. The molecular weight excluding hydrogens is 308 g/mol. The lowest BCUT2D eigenvalue weighted by Gasteiger charge is -2.14. The molecule has 0 bridgehead atoms. The molecule has 1 saturated heterocycles. The summed E-state index contributed by atoms with van der Waals surface area (Å²) in [5.41, 5.74) is 1.90. The molecule has 2 aromatic rings. The highest BCUT2D eigenvalue weighted by molar-refractivity contribution is 7.84. The van der Waals surface area contributed by atoms with Gasteiger partial charge < -0.3 is 10.2 Å². The summed E-state index contributed by atoms with van der Waals surface area (Å²) in [6.07, 6.45) is 0.815. The van der Waals surface area contributed by atoms with Crippen LogP contribution in [0.5, 0.6) is 0 Å². The number of carbonyl (C=O) groups excluding carboxylic acids is 1. The number of rotatable bonds is 5. The number of likely N-dealkylation sites (tertiary alicyclic amines) is 1. The molecule has 0 aliphatic carbocycles. The van der Waals surface area contributed by atoms with Crippen molar-refractivity contribution in [3.05, 3.63) is 60.2 Å². The molecule has 0 unspecified atom stereocenters. The third kappa shape index (κ3) is 3.79. The molecule has 5 heteroatoms. The highest BCUT2D eigenvalue weighted by Gasteiger charge is 2.28. The van der Waals surface area contributed by atoms with Crippen molar-refractivity contribution in [2.45, 2.75) is 23.1 Å². The zero-order valence-corrected chi connectivity index (χ0v) is 13.9. The molecule has 1 fully saturated rings. The Balaban J connectivity index is 1.68. The van der Waals surface area contributed by atoms with Gasteiger partial charge in [-0.25, -0.2) is 0 Å². The Bertz CT molecular complexity index is 718. The summed E-state index contributed by atoms with van der Waals surface area (Å²) in [5.74, 6) is 0.598. The Labute approximate surface area is 139 Å². The molecule has 0 aromatic heterocycles. The molecule has 2 aromatic carbocycles.